The fraction of sp³-hybridized carbons (Fsp3) is 0.280. The minimum atomic E-state index is -0.411. The van der Waals surface area contributed by atoms with Crippen LogP contribution in [0.2, 0.25) is 10.0 Å². The summed E-state index contributed by atoms with van der Waals surface area (Å²) in [4.78, 5) is 25.9. The first kappa shape index (κ1) is 24.7. The number of carbonyl (C=O) groups is 2. The summed E-state index contributed by atoms with van der Waals surface area (Å²) in [5.41, 5.74) is 2.63. The van der Waals surface area contributed by atoms with Crippen LogP contribution in [-0.4, -0.2) is 30.0 Å². The molecular formula is C25H26Cl2N2O4. The monoisotopic (exact) mass is 488 g/mol. The molecule has 0 aromatic heterocycles. The van der Waals surface area contributed by atoms with E-state index in [4.69, 9.17) is 32.7 Å². The van der Waals surface area contributed by atoms with E-state index in [9.17, 15) is 9.59 Å². The van der Waals surface area contributed by atoms with Crippen molar-refractivity contribution in [3.63, 3.8) is 0 Å². The van der Waals surface area contributed by atoms with Crippen LogP contribution in [0.3, 0.4) is 0 Å². The Balaban J connectivity index is 1.94. The maximum absolute atomic E-state index is 12.6. The number of rotatable bonds is 10. The van der Waals surface area contributed by atoms with E-state index in [0.717, 1.165) is 11.1 Å². The van der Waals surface area contributed by atoms with Gasteiger partial charge in [0.15, 0.2) is 11.5 Å². The van der Waals surface area contributed by atoms with Crippen LogP contribution < -0.4 is 14.8 Å². The summed E-state index contributed by atoms with van der Waals surface area (Å²) < 4.78 is 12.0. The van der Waals surface area contributed by atoms with Crippen LogP contribution in [0.1, 0.15) is 37.0 Å². The Kier molecular flexibility index (Phi) is 8.42. The lowest BCUT2D eigenvalue weighted by atomic mass is 10.0. The Morgan fingerprint density at radius 1 is 1.09 bits per heavy atom. The Morgan fingerprint density at radius 2 is 1.88 bits per heavy atom. The quantitative estimate of drug-likeness (QED) is 0.253. The number of amides is 3. The molecule has 0 unspecified atom stereocenters. The highest BCUT2D eigenvalue weighted by atomic mass is 35.5. The molecule has 2 aromatic rings. The smallest absolute Gasteiger partial charge is 0.329 e. The van der Waals surface area contributed by atoms with Crippen LogP contribution in [0.5, 0.6) is 11.5 Å². The predicted molar refractivity (Wildman–Crippen MR) is 131 cm³/mol. The lowest BCUT2D eigenvalue weighted by Gasteiger charge is -2.17. The van der Waals surface area contributed by atoms with Crippen LogP contribution >= 0.6 is 23.2 Å². The van der Waals surface area contributed by atoms with Gasteiger partial charge in [0.25, 0.3) is 5.91 Å². The minimum Gasteiger partial charge on any atom is -0.490 e. The van der Waals surface area contributed by atoms with Gasteiger partial charge in [-0.25, -0.2) is 4.79 Å². The van der Waals surface area contributed by atoms with E-state index in [0.29, 0.717) is 53.1 Å². The third-order valence-corrected chi connectivity index (χ3v) is 5.64. The van der Waals surface area contributed by atoms with Crippen molar-refractivity contribution in [2.45, 2.75) is 33.3 Å². The lowest BCUT2D eigenvalue weighted by Crippen LogP contribution is -2.31. The summed E-state index contributed by atoms with van der Waals surface area (Å²) in [6.45, 7) is 8.69. The van der Waals surface area contributed by atoms with Crippen LogP contribution in [0.15, 0.2) is 48.7 Å². The van der Waals surface area contributed by atoms with Crippen molar-refractivity contribution in [1.82, 2.24) is 10.2 Å². The first-order chi connectivity index (χ1) is 15.9. The van der Waals surface area contributed by atoms with E-state index in [-0.39, 0.29) is 18.2 Å². The maximum atomic E-state index is 12.6. The number of nitrogens with one attached hydrogen (secondary N) is 1. The van der Waals surface area contributed by atoms with E-state index in [1.54, 1.807) is 30.4 Å². The van der Waals surface area contributed by atoms with Crippen molar-refractivity contribution >= 4 is 41.2 Å². The highest BCUT2D eigenvalue weighted by Crippen LogP contribution is 2.36. The molecule has 1 saturated heterocycles. The van der Waals surface area contributed by atoms with Crippen molar-refractivity contribution in [3.8, 4) is 11.5 Å². The minimum absolute atomic E-state index is 0.227. The van der Waals surface area contributed by atoms with E-state index in [1.807, 2.05) is 26.0 Å². The van der Waals surface area contributed by atoms with Gasteiger partial charge in [-0.15, -0.1) is 6.58 Å². The zero-order valence-electron chi connectivity index (χ0n) is 18.6. The number of carbonyl (C=O) groups excluding carboxylic acids is 2. The number of halogens is 2. The standard InChI is InChI=1S/C25H26Cl2N2O4/c1-4-7-18-11-17(13-21-24(30)29(10-5-2)25(31)28-21)14-22(32-6-3)23(18)33-15-16-8-9-19(26)20(27)12-16/h4,8-9,11-14H,1,5-7,10,15H2,2-3H3,(H,28,31)/b21-13+. The van der Waals surface area contributed by atoms with Gasteiger partial charge < -0.3 is 14.8 Å². The fourth-order valence-electron chi connectivity index (χ4n) is 3.45. The van der Waals surface area contributed by atoms with Gasteiger partial charge in [0.2, 0.25) is 0 Å². The van der Waals surface area contributed by atoms with E-state index < -0.39 is 6.03 Å². The molecule has 0 saturated carbocycles. The van der Waals surface area contributed by atoms with Crippen LogP contribution in [0.4, 0.5) is 4.79 Å². The van der Waals surface area contributed by atoms with Gasteiger partial charge in [-0.3, -0.25) is 9.69 Å². The molecule has 3 amide bonds. The third-order valence-electron chi connectivity index (χ3n) is 4.91. The molecule has 0 atom stereocenters. The number of benzene rings is 2. The first-order valence-corrected chi connectivity index (χ1v) is 11.4. The Labute approximate surface area is 203 Å². The zero-order valence-corrected chi connectivity index (χ0v) is 20.1. The zero-order chi connectivity index (χ0) is 24.0. The molecule has 2 aromatic carbocycles. The molecule has 0 aliphatic carbocycles. The maximum Gasteiger partial charge on any atom is 0.329 e. The Hall–Kier alpha value is -2.96. The summed E-state index contributed by atoms with van der Waals surface area (Å²) in [5.74, 6) is 0.773. The van der Waals surface area contributed by atoms with Gasteiger partial charge in [-0.2, -0.15) is 0 Å². The molecule has 174 valence electrons. The average Bonchev–Trinajstić information content (AvgIpc) is 3.03. The second-order valence-corrected chi connectivity index (χ2v) is 8.23. The van der Waals surface area contributed by atoms with Gasteiger partial charge >= 0.3 is 6.03 Å². The molecule has 1 N–H and O–H groups in total. The topological polar surface area (TPSA) is 67.9 Å². The van der Waals surface area contributed by atoms with Crippen LogP contribution in [0, 0.1) is 0 Å². The fourth-order valence-corrected chi connectivity index (χ4v) is 3.77. The molecule has 3 rings (SSSR count). The molecule has 0 bridgehead atoms. The summed E-state index contributed by atoms with van der Waals surface area (Å²) >= 11 is 12.1. The van der Waals surface area contributed by atoms with Crippen molar-refractivity contribution in [3.05, 3.63) is 75.4 Å². The molecule has 1 fully saturated rings. The second-order valence-electron chi connectivity index (χ2n) is 7.42. The summed E-state index contributed by atoms with van der Waals surface area (Å²) in [6.07, 6.45) is 4.62. The second kappa shape index (κ2) is 11.3. The molecule has 8 heteroatoms. The summed E-state index contributed by atoms with van der Waals surface area (Å²) in [7, 11) is 0. The van der Waals surface area contributed by atoms with E-state index >= 15 is 0 Å². The van der Waals surface area contributed by atoms with Crippen LogP contribution in [0.25, 0.3) is 6.08 Å². The average molecular weight is 489 g/mol. The number of hydrogen-bond donors (Lipinski definition) is 1. The van der Waals surface area contributed by atoms with E-state index in [2.05, 4.69) is 11.9 Å². The molecule has 33 heavy (non-hydrogen) atoms. The molecule has 0 radical (unpaired) electrons. The molecule has 6 nitrogen and oxygen atoms in total. The number of urea groups is 1. The largest absolute Gasteiger partial charge is 0.490 e. The molecule has 0 spiro atoms. The Bertz CT molecular complexity index is 1100. The number of hydrogen-bond acceptors (Lipinski definition) is 4. The molecule has 1 heterocycles. The Morgan fingerprint density at radius 3 is 2.55 bits per heavy atom. The predicted octanol–water partition coefficient (Wildman–Crippen LogP) is 6.00. The van der Waals surface area contributed by atoms with Crippen molar-refractivity contribution in [2.75, 3.05) is 13.2 Å². The SMILES string of the molecule is C=CCc1cc(/C=C2/NC(=O)N(CCC)C2=O)cc(OCC)c1OCc1ccc(Cl)c(Cl)c1. The van der Waals surface area contributed by atoms with Gasteiger partial charge in [0.1, 0.15) is 12.3 Å². The van der Waals surface area contributed by atoms with Crippen LogP contribution in [-0.2, 0) is 17.8 Å². The van der Waals surface area contributed by atoms with E-state index in [1.165, 1.54) is 4.90 Å². The van der Waals surface area contributed by atoms with Crippen molar-refractivity contribution in [1.29, 1.82) is 0 Å². The first-order valence-electron chi connectivity index (χ1n) is 10.7. The number of ether oxygens (including phenoxy) is 2. The van der Waals surface area contributed by atoms with Gasteiger partial charge in [-0.05, 0) is 61.2 Å². The number of imide groups is 1. The van der Waals surface area contributed by atoms with Gasteiger partial charge in [0.05, 0.1) is 16.7 Å². The number of nitrogens with zero attached hydrogens (tertiary/aromatic N) is 1. The number of allylic oxidation sites excluding steroid dienone is 1. The molecule has 1 aliphatic heterocycles. The molecule has 1 aliphatic rings. The highest BCUT2D eigenvalue weighted by molar-refractivity contribution is 6.42. The summed E-state index contributed by atoms with van der Waals surface area (Å²) in [6, 6.07) is 8.59. The summed E-state index contributed by atoms with van der Waals surface area (Å²) in [5, 5.41) is 3.58. The van der Waals surface area contributed by atoms with Crippen molar-refractivity contribution < 1.29 is 19.1 Å². The third kappa shape index (κ3) is 5.89. The lowest BCUT2D eigenvalue weighted by molar-refractivity contribution is -0.122. The van der Waals surface area contributed by atoms with Crippen molar-refractivity contribution in [2.24, 2.45) is 0 Å². The normalized spacial score (nSPS) is 14.5. The highest BCUT2D eigenvalue weighted by Gasteiger charge is 2.32. The van der Waals surface area contributed by atoms with Gasteiger partial charge in [-0.1, -0.05) is 42.3 Å². The molecular weight excluding hydrogens is 463 g/mol. The van der Waals surface area contributed by atoms with Gasteiger partial charge in [0, 0.05) is 12.1 Å².